The number of aromatic nitrogens is 2. The van der Waals surface area contributed by atoms with Gasteiger partial charge in [-0.15, -0.1) is 0 Å². The second kappa shape index (κ2) is 6.64. The highest BCUT2D eigenvalue weighted by molar-refractivity contribution is 5.92. The van der Waals surface area contributed by atoms with Crippen LogP contribution in [0.15, 0.2) is 30.5 Å². The van der Waals surface area contributed by atoms with Gasteiger partial charge in [-0.1, -0.05) is 12.1 Å². The van der Waals surface area contributed by atoms with Crippen molar-refractivity contribution in [3.63, 3.8) is 0 Å². The van der Waals surface area contributed by atoms with Crippen LogP contribution >= 0.6 is 0 Å². The lowest BCUT2D eigenvalue weighted by atomic mass is 10.2. The maximum atomic E-state index is 11.9. The van der Waals surface area contributed by atoms with E-state index in [1.54, 1.807) is 6.07 Å². The maximum Gasteiger partial charge on any atom is 0.309 e. The van der Waals surface area contributed by atoms with Gasteiger partial charge in [0.25, 0.3) is 5.69 Å². The molecule has 0 saturated carbocycles. The summed E-state index contributed by atoms with van der Waals surface area (Å²) in [7, 11) is 0. The van der Waals surface area contributed by atoms with Gasteiger partial charge in [-0.05, 0) is 13.0 Å². The molecule has 1 aromatic carbocycles. The van der Waals surface area contributed by atoms with E-state index < -0.39 is 15.8 Å². The van der Waals surface area contributed by atoms with E-state index >= 15 is 0 Å². The molecule has 0 saturated heterocycles. The Morgan fingerprint density at radius 1 is 1.22 bits per heavy atom. The van der Waals surface area contributed by atoms with E-state index in [2.05, 4.69) is 10.4 Å². The normalized spacial score (nSPS) is 10.3. The Bertz CT molecular complexity index is 770. The molecule has 2 aromatic rings. The standard InChI is InChI=1S/C13H13N5O5/c1-9-12(18(22)23)8-14-16(9)7-6-13(19)15-10-4-2-3-5-11(10)17(20)21/h2-5,8H,6-7H2,1H3,(H,15,19). The first-order chi connectivity index (χ1) is 10.9. The van der Waals surface area contributed by atoms with Crippen molar-refractivity contribution in [1.82, 2.24) is 9.78 Å². The lowest BCUT2D eigenvalue weighted by Gasteiger charge is -2.06. The van der Waals surface area contributed by atoms with Gasteiger partial charge in [0.2, 0.25) is 5.91 Å². The molecular formula is C13H13N5O5. The number of hydrogen-bond acceptors (Lipinski definition) is 6. The number of benzene rings is 1. The number of nitrogens with zero attached hydrogens (tertiary/aromatic N) is 4. The van der Waals surface area contributed by atoms with Gasteiger partial charge >= 0.3 is 5.69 Å². The molecule has 1 N–H and O–H groups in total. The highest BCUT2D eigenvalue weighted by Crippen LogP contribution is 2.23. The van der Waals surface area contributed by atoms with Crippen molar-refractivity contribution in [3.05, 3.63) is 56.4 Å². The van der Waals surface area contributed by atoms with Gasteiger partial charge in [0.15, 0.2) is 0 Å². The highest BCUT2D eigenvalue weighted by atomic mass is 16.6. The van der Waals surface area contributed by atoms with E-state index in [0.29, 0.717) is 5.69 Å². The van der Waals surface area contributed by atoms with Gasteiger partial charge in [0, 0.05) is 12.5 Å². The summed E-state index contributed by atoms with van der Waals surface area (Å²) in [5.74, 6) is -0.447. The Kier molecular flexibility index (Phi) is 4.64. The lowest BCUT2D eigenvalue weighted by Crippen LogP contribution is -2.16. The molecule has 0 aliphatic carbocycles. The first-order valence-electron chi connectivity index (χ1n) is 6.60. The fourth-order valence-electron chi connectivity index (χ4n) is 2.00. The van der Waals surface area contributed by atoms with Gasteiger partial charge in [-0.25, -0.2) is 0 Å². The quantitative estimate of drug-likeness (QED) is 0.639. The molecule has 0 aliphatic rings. The Morgan fingerprint density at radius 2 is 1.87 bits per heavy atom. The first-order valence-corrected chi connectivity index (χ1v) is 6.60. The number of hydrogen-bond donors (Lipinski definition) is 1. The fraction of sp³-hybridized carbons (Fsp3) is 0.231. The van der Waals surface area contributed by atoms with Crippen molar-refractivity contribution in [2.75, 3.05) is 5.32 Å². The Balaban J connectivity index is 2.01. The summed E-state index contributed by atoms with van der Waals surface area (Å²) in [6.45, 7) is 1.66. The molecule has 0 unspecified atom stereocenters. The molecule has 0 bridgehead atoms. The van der Waals surface area contributed by atoms with E-state index in [9.17, 15) is 25.0 Å². The molecule has 0 fully saturated rings. The summed E-state index contributed by atoms with van der Waals surface area (Å²) < 4.78 is 1.34. The van der Waals surface area contributed by atoms with E-state index in [0.717, 1.165) is 6.20 Å². The summed E-state index contributed by atoms with van der Waals surface area (Å²) in [4.78, 5) is 32.4. The molecule has 0 atom stereocenters. The molecule has 0 aliphatic heterocycles. The van der Waals surface area contributed by atoms with Crippen molar-refractivity contribution in [3.8, 4) is 0 Å². The van der Waals surface area contributed by atoms with Gasteiger partial charge in [-0.2, -0.15) is 5.10 Å². The Labute approximate surface area is 130 Å². The zero-order chi connectivity index (χ0) is 17.0. The second-order valence-electron chi connectivity index (χ2n) is 4.67. The largest absolute Gasteiger partial charge is 0.320 e. The van der Waals surface area contributed by atoms with E-state index in [4.69, 9.17) is 0 Å². The van der Waals surface area contributed by atoms with Crippen LogP contribution in [0.4, 0.5) is 17.1 Å². The monoisotopic (exact) mass is 319 g/mol. The second-order valence-corrected chi connectivity index (χ2v) is 4.67. The maximum absolute atomic E-state index is 11.9. The lowest BCUT2D eigenvalue weighted by molar-refractivity contribution is -0.385. The number of amides is 1. The zero-order valence-corrected chi connectivity index (χ0v) is 12.1. The zero-order valence-electron chi connectivity index (χ0n) is 12.1. The number of anilines is 1. The number of nitro benzene ring substituents is 1. The molecule has 0 spiro atoms. The third-order valence-corrected chi connectivity index (χ3v) is 3.20. The molecule has 1 aromatic heterocycles. The topological polar surface area (TPSA) is 133 Å². The molecule has 120 valence electrons. The van der Waals surface area contributed by atoms with Crippen LogP contribution in [0.25, 0.3) is 0 Å². The summed E-state index contributed by atoms with van der Waals surface area (Å²) >= 11 is 0. The molecule has 10 nitrogen and oxygen atoms in total. The Morgan fingerprint density at radius 3 is 2.48 bits per heavy atom. The van der Waals surface area contributed by atoms with Crippen LogP contribution in [0.1, 0.15) is 12.1 Å². The van der Waals surface area contributed by atoms with Crippen molar-refractivity contribution >= 4 is 23.0 Å². The van der Waals surface area contributed by atoms with Crippen molar-refractivity contribution < 1.29 is 14.6 Å². The SMILES string of the molecule is Cc1c([N+](=O)[O-])cnn1CCC(=O)Nc1ccccc1[N+](=O)[O-]. The Hall–Kier alpha value is -3.30. The van der Waals surface area contributed by atoms with Crippen LogP contribution < -0.4 is 5.32 Å². The van der Waals surface area contributed by atoms with Gasteiger partial charge in [0.1, 0.15) is 17.6 Å². The number of rotatable bonds is 6. The molecule has 23 heavy (non-hydrogen) atoms. The fourth-order valence-corrected chi connectivity index (χ4v) is 2.00. The van der Waals surface area contributed by atoms with Crippen LogP contribution in [-0.4, -0.2) is 25.5 Å². The number of para-hydroxylation sites is 2. The average molecular weight is 319 g/mol. The minimum Gasteiger partial charge on any atom is -0.320 e. The van der Waals surface area contributed by atoms with Gasteiger partial charge in [-0.3, -0.25) is 29.7 Å². The number of aryl methyl sites for hydroxylation is 1. The molecular weight excluding hydrogens is 306 g/mol. The number of carbonyl (C=O) groups excluding carboxylic acids is 1. The van der Waals surface area contributed by atoms with Crippen LogP contribution in [0, 0.1) is 27.2 Å². The third-order valence-electron chi connectivity index (χ3n) is 3.20. The highest BCUT2D eigenvalue weighted by Gasteiger charge is 2.18. The van der Waals surface area contributed by atoms with Crippen molar-refractivity contribution in [2.24, 2.45) is 0 Å². The smallest absolute Gasteiger partial charge is 0.309 e. The summed E-state index contributed by atoms with van der Waals surface area (Å²) in [6, 6.07) is 5.79. The van der Waals surface area contributed by atoms with Crippen LogP contribution in [0.5, 0.6) is 0 Å². The summed E-state index contributed by atoms with van der Waals surface area (Å²) in [5.41, 5.74) is 0.120. The van der Waals surface area contributed by atoms with Crippen LogP contribution in [-0.2, 0) is 11.3 Å². The number of nitro groups is 2. The van der Waals surface area contributed by atoms with Crippen LogP contribution in [0.2, 0.25) is 0 Å². The van der Waals surface area contributed by atoms with E-state index in [1.807, 2.05) is 0 Å². The summed E-state index contributed by atoms with van der Waals surface area (Å²) in [5, 5.41) is 27.9. The van der Waals surface area contributed by atoms with Crippen molar-refractivity contribution in [1.29, 1.82) is 0 Å². The molecule has 1 amide bonds. The van der Waals surface area contributed by atoms with Crippen LogP contribution in [0.3, 0.4) is 0 Å². The molecule has 1 heterocycles. The van der Waals surface area contributed by atoms with Gasteiger partial charge < -0.3 is 5.32 Å². The van der Waals surface area contributed by atoms with Crippen molar-refractivity contribution in [2.45, 2.75) is 19.9 Å². The minimum absolute atomic E-state index is 0.0221. The molecule has 0 radical (unpaired) electrons. The first kappa shape index (κ1) is 16.1. The third kappa shape index (κ3) is 3.67. The predicted molar refractivity (Wildman–Crippen MR) is 80.0 cm³/mol. The average Bonchev–Trinajstić information content (AvgIpc) is 2.86. The molecule has 2 rings (SSSR count). The summed E-state index contributed by atoms with van der Waals surface area (Å²) in [6.07, 6.45) is 1.10. The van der Waals surface area contributed by atoms with E-state index in [-0.39, 0.29) is 30.0 Å². The molecule has 10 heteroatoms. The van der Waals surface area contributed by atoms with Gasteiger partial charge in [0.05, 0.1) is 16.4 Å². The minimum atomic E-state index is -0.587. The van der Waals surface area contributed by atoms with E-state index in [1.165, 1.54) is 29.8 Å². The number of nitrogens with one attached hydrogen (secondary N) is 1. The number of carbonyl (C=O) groups is 1. The predicted octanol–water partition coefficient (Wildman–Crippen LogP) is 2.04.